The van der Waals surface area contributed by atoms with E-state index >= 15 is 0 Å². The summed E-state index contributed by atoms with van der Waals surface area (Å²) in [6.07, 6.45) is 0. The van der Waals surface area contributed by atoms with E-state index in [0.29, 0.717) is 23.7 Å². The number of rotatable bonds is 5. The molecular weight excluding hydrogens is 280 g/mol. The number of para-hydroxylation sites is 1. The van der Waals surface area contributed by atoms with Gasteiger partial charge >= 0.3 is 5.97 Å². The largest absolute Gasteiger partial charge is 0.494 e. The maximum absolute atomic E-state index is 11.7. The Morgan fingerprint density at radius 2 is 2.25 bits per heavy atom. The van der Waals surface area contributed by atoms with Crippen molar-refractivity contribution in [1.82, 2.24) is 9.55 Å². The number of methoxy groups -OCH3 is 1. The molecule has 0 aliphatic carbocycles. The standard InChI is InChI=1S/C14H17ClN2O3/c1-4-20-12(18)8-17-10-6-5-7-11(19-3)13(10)16-14(17)9(2)15/h5-7,9H,4,8H2,1-3H3. The molecule has 0 N–H and O–H groups in total. The van der Waals surface area contributed by atoms with Crippen LogP contribution in [0.15, 0.2) is 18.2 Å². The zero-order valence-electron chi connectivity index (χ0n) is 11.7. The SMILES string of the molecule is CCOC(=O)Cn1c(C(C)Cl)nc2c(OC)cccc21. The number of aromatic nitrogens is 2. The number of hydrogen-bond donors (Lipinski definition) is 0. The average molecular weight is 297 g/mol. The van der Waals surface area contributed by atoms with Gasteiger partial charge in [0.15, 0.2) is 0 Å². The van der Waals surface area contributed by atoms with Crippen molar-refractivity contribution in [2.75, 3.05) is 13.7 Å². The summed E-state index contributed by atoms with van der Waals surface area (Å²) in [6.45, 7) is 4.03. The van der Waals surface area contributed by atoms with Crippen LogP contribution < -0.4 is 4.74 Å². The summed E-state index contributed by atoms with van der Waals surface area (Å²) in [5.41, 5.74) is 1.50. The molecule has 20 heavy (non-hydrogen) atoms. The molecule has 0 saturated carbocycles. The molecule has 1 atom stereocenters. The molecule has 2 rings (SSSR count). The first-order chi connectivity index (χ1) is 9.58. The molecule has 0 fully saturated rings. The molecule has 1 aromatic carbocycles. The number of nitrogens with zero attached hydrogens (tertiary/aromatic N) is 2. The van der Waals surface area contributed by atoms with Gasteiger partial charge in [-0.05, 0) is 26.0 Å². The van der Waals surface area contributed by atoms with Crippen LogP contribution in [-0.4, -0.2) is 29.2 Å². The third kappa shape index (κ3) is 2.72. The lowest BCUT2D eigenvalue weighted by Crippen LogP contribution is -2.15. The van der Waals surface area contributed by atoms with E-state index in [1.165, 1.54) is 0 Å². The van der Waals surface area contributed by atoms with E-state index in [2.05, 4.69) is 4.98 Å². The zero-order valence-corrected chi connectivity index (χ0v) is 12.5. The van der Waals surface area contributed by atoms with Gasteiger partial charge in [-0.2, -0.15) is 0 Å². The highest BCUT2D eigenvalue weighted by Gasteiger charge is 2.19. The predicted octanol–water partition coefficient (Wildman–Crippen LogP) is 2.91. The number of esters is 1. The van der Waals surface area contributed by atoms with Crippen molar-refractivity contribution < 1.29 is 14.3 Å². The van der Waals surface area contributed by atoms with Crippen LogP contribution in [0.5, 0.6) is 5.75 Å². The second-order valence-electron chi connectivity index (χ2n) is 4.31. The number of hydrogen-bond acceptors (Lipinski definition) is 4. The number of carbonyl (C=O) groups is 1. The van der Waals surface area contributed by atoms with E-state index in [1.54, 1.807) is 18.6 Å². The van der Waals surface area contributed by atoms with Gasteiger partial charge in [0.1, 0.15) is 23.6 Å². The molecule has 0 saturated heterocycles. The van der Waals surface area contributed by atoms with E-state index in [9.17, 15) is 4.79 Å². The molecule has 0 aliphatic heterocycles. The number of alkyl halides is 1. The van der Waals surface area contributed by atoms with Gasteiger partial charge in [-0.15, -0.1) is 11.6 Å². The molecule has 108 valence electrons. The molecule has 1 unspecified atom stereocenters. The fourth-order valence-electron chi connectivity index (χ4n) is 2.11. The van der Waals surface area contributed by atoms with Crippen molar-refractivity contribution in [3.05, 3.63) is 24.0 Å². The van der Waals surface area contributed by atoms with Gasteiger partial charge in [-0.3, -0.25) is 4.79 Å². The highest BCUT2D eigenvalue weighted by molar-refractivity contribution is 6.20. The number of ether oxygens (including phenoxy) is 2. The summed E-state index contributed by atoms with van der Waals surface area (Å²) in [4.78, 5) is 16.2. The number of benzene rings is 1. The van der Waals surface area contributed by atoms with Crippen LogP contribution >= 0.6 is 11.6 Å². The minimum atomic E-state index is -0.318. The van der Waals surface area contributed by atoms with E-state index in [-0.39, 0.29) is 17.9 Å². The minimum absolute atomic E-state index is 0.0872. The van der Waals surface area contributed by atoms with E-state index in [0.717, 1.165) is 5.52 Å². The predicted molar refractivity (Wildman–Crippen MR) is 77.2 cm³/mol. The van der Waals surface area contributed by atoms with Crippen molar-refractivity contribution >= 4 is 28.6 Å². The Morgan fingerprint density at radius 3 is 2.85 bits per heavy atom. The summed E-state index contributed by atoms with van der Waals surface area (Å²) >= 11 is 6.16. The second kappa shape index (κ2) is 6.13. The van der Waals surface area contributed by atoms with Crippen LogP contribution in [0, 0.1) is 0 Å². The Hall–Kier alpha value is -1.75. The summed E-state index contributed by atoms with van der Waals surface area (Å²) in [7, 11) is 1.59. The molecular formula is C14H17ClN2O3. The van der Waals surface area contributed by atoms with Crippen molar-refractivity contribution in [1.29, 1.82) is 0 Å². The molecule has 1 heterocycles. The monoisotopic (exact) mass is 296 g/mol. The van der Waals surface area contributed by atoms with Gasteiger partial charge < -0.3 is 14.0 Å². The molecule has 2 aromatic rings. The average Bonchev–Trinajstić information content (AvgIpc) is 2.78. The Kier molecular flexibility index (Phi) is 4.49. The number of fused-ring (bicyclic) bond motifs is 1. The van der Waals surface area contributed by atoms with Crippen molar-refractivity contribution in [2.45, 2.75) is 25.8 Å². The van der Waals surface area contributed by atoms with E-state index < -0.39 is 0 Å². The van der Waals surface area contributed by atoms with E-state index in [1.807, 2.05) is 25.1 Å². The van der Waals surface area contributed by atoms with Crippen LogP contribution in [-0.2, 0) is 16.1 Å². The minimum Gasteiger partial charge on any atom is -0.494 e. The summed E-state index contributed by atoms with van der Waals surface area (Å²) in [6, 6.07) is 5.56. The van der Waals surface area contributed by atoms with Gasteiger partial charge in [0.25, 0.3) is 0 Å². The van der Waals surface area contributed by atoms with Crippen molar-refractivity contribution in [3.8, 4) is 5.75 Å². The van der Waals surface area contributed by atoms with Crippen LogP contribution in [0.3, 0.4) is 0 Å². The fourth-order valence-corrected chi connectivity index (χ4v) is 2.28. The Morgan fingerprint density at radius 1 is 1.50 bits per heavy atom. The number of carbonyl (C=O) groups excluding carboxylic acids is 1. The van der Waals surface area contributed by atoms with Crippen LogP contribution in [0.25, 0.3) is 11.0 Å². The third-order valence-electron chi connectivity index (χ3n) is 2.94. The second-order valence-corrected chi connectivity index (χ2v) is 4.96. The zero-order chi connectivity index (χ0) is 14.7. The molecule has 0 spiro atoms. The molecule has 0 bridgehead atoms. The van der Waals surface area contributed by atoms with Crippen LogP contribution in [0.4, 0.5) is 0 Å². The lowest BCUT2D eigenvalue weighted by Gasteiger charge is -2.09. The molecule has 1 aromatic heterocycles. The molecule has 0 aliphatic rings. The Bertz CT molecular complexity index is 622. The molecule has 6 heteroatoms. The maximum atomic E-state index is 11.7. The van der Waals surface area contributed by atoms with Gasteiger partial charge in [0.2, 0.25) is 0 Å². The van der Waals surface area contributed by atoms with Gasteiger partial charge in [0.05, 0.1) is 24.6 Å². The molecule has 0 radical (unpaired) electrons. The molecule has 5 nitrogen and oxygen atoms in total. The third-order valence-corrected chi connectivity index (χ3v) is 3.13. The normalized spacial score (nSPS) is 12.4. The van der Waals surface area contributed by atoms with Gasteiger partial charge in [-0.25, -0.2) is 4.98 Å². The van der Waals surface area contributed by atoms with Crippen molar-refractivity contribution in [2.24, 2.45) is 0 Å². The highest BCUT2D eigenvalue weighted by atomic mass is 35.5. The topological polar surface area (TPSA) is 53.4 Å². The van der Waals surface area contributed by atoms with Gasteiger partial charge in [-0.1, -0.05) is 6.07 Å². The first-order valence-electron chi connectivity index (χ1n) is 6.41. The first kappa shape index (κ1) is 14.7. The van der Waals surface area contributed by atoms with E-state index in [4.69, 9.17) is 21.1 Å². The van der Waals surface area contributed by atoms with Crippen LogP contribution in [0.2, 0.25) is 0 Å². The lowest BCUT2D eigenvalue weighted by atomic mass is 10.3. The summed E-state index contributed by atoms with van der Waals surface area (Å²) in [5, 5.41) is -0.318. The fraction of sp³-hybridized carbons (Fsp3) is 0.429. The highest BCUT2D eigenvalue weighted by Crippen LogP contribution is 2.29. The Balaban J connectivity index is 2.54. The lowest BCUT2D eigenvalue weighted by molar-refractivity contribution is -0.143. The van der Waals surface area contributed by atoms with Crippen molar-refractivity contribution in [3.63, 3.8) is 0 Å². The number of imidazole rings is 1. The Labute approximate surface area is 122 Å². The first-order valence-corrected chi connectivity index (χ1v) is 6.85. The molecule has 0 amide bonds. The maximum Gasteiger partial charge on any atom is 0.326 e. The number of halogens is 1. The summed E-state index contributed by atoms with van der Waals surface area (Å²) in [5.74, 6) is 0.969. The van der Waals surface area contributed by atoms with Gasteiger partial charge in [0, 0.05) is 0 Å². The quantitative estimate of drug-likeness (QED) is 0.629. The summed E-state index contributed by atoms with van der Waals surface area (Å²) < 4.78 is 12.1. The van der Waals surface area contributed by atoms with Crippen LogP contribution in [0.1, 0.15) is 25.0 Å². The smallest absolute Gasteiger partial charge is 0.326 e.